The Morgan fingerprint density at radius 2 is 1.94 bits per heavy atom. The predicted molar refractivity (Wildman–Crippen MR) is 63.8 cm³/mol. The Kier molecular flexibility index (Phi) is 5.10. The van der Waals surface area contributed by atoms with Crippen molar-refractivity contribution >= 4 is 12.0 Å². The van der Waals surface area contributed by atoms with E-state index in [0.717, 1.165) is 10.5 Å². The number of nitrogens with zero attached hydrogens (tertiary/aromatic N) is 1. The van der Waals surface area contributed by atoms with Crippen LogP contribution in [0.5, 0.6) is 0 Å². The van der Waals surface area contributed by atoms with E-state index in [1.807, 2.05) is 0 Å². The van der Waals surface area contributed by atoms with Gasteiger partial charge in [0.1, 0.15) is 12.4 Å². The average Bonchev–Trinajstić information content (AvgIpc) is 2.30. The van der Waals surface area contributed by atoms with Gasteiger partial charge >= 0.3 is 12.0 Å². The summed E-state index contributed by atoms with van der Waals surface area (Å²) in [6.07, 6.45) is 0.562. The van der Waals surface area contributed by atoms with Gasteiger partial charge in [-0.25, -0.2) is 9.18 Å². The molecule has 0 fully saturated rings. The Morgan fingerprint density at radius 3 is 2.50 bits per heavy atom. The highest BCUT2D eigenvalue weighted by Gasteiger charge is 2.10. The maximum Gasteiger partial charge on any atom is 0.323 e. The highest BCUT2D eigenvalue weighted by Crippen LogP contribution is 2.02. The SMILES string of the molecule is CN(CC(=O)O)C(=O)NCCc1ccc(F)cc1. The van der Waals surface area contributed by atoms with Gasteiger partial charge in [-0.15, -0.1) is 0 Å². The minimum atomic E-state index is -1.06. The lowest BCUT2D eigenvalue weighted by atomic mass is 10.1. The van der Waals surface area contributed by atoms with Gasteiger partial charge in [-0.1, -0.05) is 12.1 Å². The van der Waals surface area contributed by atoms with E-state index in [4.69, 9.17) is 5.11 Å². The first-order valence-corrected chi connectivity index (χ1v) is 5.44. The van der Waals surface area contributed by atoms with Crippen LogP contribution in [0.1, 0.15) is 5.56 Å². The standard InChI is InChI=1S/C12H15FN2O3/c1-15(8-11(16)17)12(18)14-7-6-9-2-4-10(13)5-3-9/h2-5H,6-8H2,1H3,(H,14,18)(H,16,17). The Morgan fingerprint density at radius 1 is 1.33 bits per heavy atom. The molecule has 0 radical (unpaired) electrons. The van der Waals surface area contributed by atoms with E-state index in [1.54, 1.807) is 12.1 Å². The molecular formula is C12H15FN2O3. The molecule has 1 aromatic carbocycles. The summed E-state index contributed by atoms with van der Waals surface area (Å²) in [6.45, 7) is 0.0246. The number of likely N-dealkylation sites (N-methyl/N-ethyl adjacent to an activating group) is 1. The quantitative estimate of drug-likeness (QED) is 0.826. The Bertz CT molecular complexity index is 420. The van der Waals surface area contributed by atoms with Gasteiger partial charge in [-0.05, 0) is 24.1 Å². The van der Waals surface area contributed by atoms with Crippen molar-refractivity contribution < 1.29 is 19.1 Å². The molecule has 0 bridgehead atoms. The number of nitrogens with one attached hydrogen (secondary N) is 1. The van der Waals surface area contributed by atoms with Gasteiger partial charge in [-0.3, -0.25) is 4.79 Å². The van der Waals surface area contributed by atoms with Gasteiger partial charge in [0.05, 0.1) is 0 Å². The second-order valence-corrected chi connectivity index (χ2v) is 3.86. The van der Waals surface area contributed by atoms with Gasteiger partial charge in [0, 0.05) is 13.6 Å². The molecule has 98 valence electrons. The zero-order valence-electron chi connectivity index (χ0n) is 10.0. The molecular weight excluding hydrogens is 239 g/mol. The Balaban J connectivity index is 2.31. The summed E-state index contributed by atoms with van der Waals surface area (Å²) in [6, 6.07) is 5.55. The number of rotatable bonds is 5. The van der Waals surface area contributed by atoms with Crippen LogP contribution in [0.4, 0.5) is 9.18 Å². The van der Waals surface area contributed by atoms with E-state index in [2.05, 4.69) is 5.32 Å². The molecule has 2 amide bonds. The normalized spacial score (nSPS) is 9.89. The third-order valence-electron chi connectivity index (χ3n) is 2.32. The van der Waals surface area contributed by atoms with Crippen LogP contribution in [0.2, 0.25) is 0 Å². The average molecular weight is 254 g/mol. The third kappa shape index (κ3) is 4.82. The molecule has 0 saturated carbocycles. The van der Waals surface area contributed by atoms with Crippen LogP contribution >= 0.6 is 0 Å². The Hall–Kier alpha value is -2.11. The maximum atomic E-state index is 12.6. The fraction of sp³-hybridized carbons (Fsp3) is 0.333. The van der Waals surface area contributed by atoms with Gasteiger partial charge in [0.25, 0.3) is 0 Å². The number of carboxylic acids is 1. The number of carbonyl (C=O) groups excluding carboxylic acids is 1. The summed E-state index contributed by atoms with van der Waals surface area (Å²) in [5.41, 5.74) is 0.901. The van der Waals surface area contributed by atoms with Crippen molar-refractivity contribution in [1.82, 2.24) is 10.2 Å². The van der Waals surface area contributed by atoms with E-state index in [0.29, 0.717) is 13.0 Å². The van der Waals surface area contributed by atoms with Crippen LogP contribution in [0.15, 0.2) is 24.3 Å². The highest BCUT2D eigenvalue weighted by molar-refractivity contribution is 5.79. The molecule has 0 aliphatic rings. The molecule has 0 spiro atoms. The lowest BCUT2D eigenvalue weighted by Gasteiger charge is -2.15. The van der Waals surface area contributed by atoms with Gasteiger partial charge < -0.3 is 15.3 Å². The summed E-state index contributed by atoms with van der Waals surface area (Å²) in [7, 11) is 1.40. The second kappa shape index (κ2) is 6.58. The van der Waals surface area contributed by atoms with Gasteiger partial charge in [0.2, 0.25) is 0 Å². The molecule has 6 heteroatoms. The lowest BCUT2D eigenvalue weighted by Crippen LogP contribution is -2.40. The first-order chi connectivity index (χ1) is 8.49. The topological polar surface area (TPSA) is 69.6 Å². The van der Waals surface area contributed by atoms with Crippen molar-refractivity contribution in [3.8, 4) is 0 Å². The maximum absolute atomic E-state index is 12.6. The molecule has 0 aliphatic carbocycles. The number of benzene rings is 1. The number of hydrogen-bond donors (Lipinski definition) is 2. The number of carbonyl (C=O) groups is 2. The molecule has 18 heavy (non-hydrogen) atoms. The summed E-state index contributed by atoms with van der Waals surface area (Å²) in [5.74, 6) is -1.37. The number of carboxylic acid groups (broad SMARTS) is 1. The largest absolute Gasteiger partial charge is 0.480 e. The number of halogens is 1. The van der Waals surface area contributed by atoms with Crippen molar-refractivity contribution in [3.63, 3.8) is 0 Å². The fourth-order valence-electron chi connectivity index (χ4n) is 1.37. The third-order valence-corrected chi connectivity index (χ3v) is 2.32. The van der Waals surface area contributed by atoms with Crippen LogP contribution in [0, 0.1) is 5.82 Å². The van der Waals surface area contributed by atoms with E-state index in [-0.39, 0.29) is 12.4 Å². The van der Waals surface area contributed by atoms with E-state index in [1.165, 1.54) is 19.2 Å². The van der Waals surface area contributed by atoms with Crippen molar-refractivity contribution in [3.05, 3.63) is 35.6 Å². The number of amides is 2. The first-order valence-electron chi connectivity index (χ1n) is 5.44. The zero-order chi connectivity index (χ0) is 13.5. The summed E-state index contributed by atoms with van der Waals surface area (Å²) in [4.78, 5) is 22.9. The zero-order valence-corrected chi connectivity index (χ0v) is 10.0. The molecule has 1 rings (SSSR count). The van der Waals surface area contributed by atoms with Crippen molar-refractivity contribution in [2.24, 2.45) is 0 Å². The summed E-state index contributed by atoms with van der Waals surface area (Å²) >= 11 is 0. The molecule has 0 aromatic heterocycles. The molecule has 0 unspecified atom stereocenters. The predicted octanol–water partition coefficient (Wildman–Crippen LogP) is 1.09. The molecule has 2 N–H and O–H groups in total. The van der Waals surface area contributed by atoms with E-state index >= 15 is 0 Å². The lowest BCUT2D eigenvalue weighted by molar-refractivity contribution is -0.137. The highest BCUT2D eigenvalue weighted by atomic mass is 19.1. The van der Waals surface area contributed by atoms with Crippen LogP contribution < -0.4 is 5.32 Å². The van der Waals surface area contributed by atoms with Crippen LogP contribution in [0.3, 0.4) is 0 Å². The monoisotopic (exact) mass is 254 g/mol. The number of urea groups is 1. The van der Waals surface area contributed by atoms with Crippen LogP contribution in [-0.2, 0) is 11.2 Å². The smallest absolute Gasteiger partial charge is 0.323 e. The minimum Gasteiger partial charge on any atom is -0.480 e. The molecule has 0 saturated heterocycles. The summed E-state index contributed by atoms with van der Waals surface area (Å²) < 4.78 is 12.6. The van der Waals surface area contributed by atoms with E-state index < -0.39 is 12.0 Å². The Labute approximate surface area is 104 Å². The molecule has 5 nitrogen and oxygen atoms in total. The fourth-order valence-corrected chi connectivity index (χ4v) is 1.37. The number of aliphatic carboxylic acids is 1. The molecule has 0 heterocycles. The van der Waals surface area contributed by atoms with Crippen LogP contribution in [0.25, 0.3) is 0 Å². The van der Waals surface area contributed by atoms with Gasteiger partial charge in [-0.2, -0.15) is 0 Å². The second-order valence-electron chi connectivity index (χ2n) is 3.86. The first kappa shape index (κ1) is 14.0. The van der Waals surface area contributed by atoms with E-state index in [9.17, 15) is 14.0 Å². The van der Waals surface area contributed by atoms with Crippen LogP contribution in [-0.4, -0.2) is 42.1 Å². The molecule has 0 aliphatic heterocycles. The number of hydrogen-bond acceptors (Lipinski definition) is 2. The molecule has 1 aromatic rings. The summed E-state index contributed by atoms with van der Waals surface area (Å²) in [5, 5.41) is 11.1. The van der Waals surface area contributed by atoms with Crippen molar-refractivity contribution in [1.29, 1.82) is 0 Å². The van der Waals surface area contributed by atoms with Crippen molar-refractivity contribution in [2.75, 3.05) is 20.1 Å². The molecule has 0 atom stereocenters. The minimum absolute atomic E-state index is 0.302. The van der Waals surface area contributed by atoms with Gasteiger partial charge in [0.15, 0.2) is 0 Å². The van der Waals surface area contributed by atoms with Crippen molar-refractivity contribution in [2.45, 2.75) is 6.42 Å².